The third kappa shape index (κ3) is 4.24. The molecule has 0 aliphatic carbocycles. The Balaban J connectivity index is 1.88. The fraction of sp³-hybridized carbons (Fsp3) is 0.562. The van der Waals surface area contributed by atoms with Crippen molar-refractivity contribution in [1.82, 2.24) is 4.90 Å². The second kappa shape index (κ2) is 7.50. The topological polar surface area (TPSA) is 38.8 Å². The maximum absolute atomic E-state index is 12.2. The van der Waals surface area contributed by atoms with Crippen LogP contribution in [0.4, 0.5) is 4.79 Å². The van der Waals surface area contributed by atoms with E-state index >= 15 is 0 Å². The molecule has 1 saturated heterocycles. The Morgan fingerprint density at radius 1 is 1.33 bits per heavy atom. The Morgan fingerprint density at radius 2 is 2.05 bits per heavy atom. The van der Waals surface area contributed by atoms with E-state index in [0.29, 0.717) is 38.1 Å². The molecule has 1 fully saturated rings. The number of ether oxygens (including phenoxy) is 1. The van der Waals surface area contributed by atoms with E-state index in [1.54, 1.807) is 4.90 Å². The number of hydrogen-bond donors (Lipinski definition) is 0. The van der Waals surface area contributed by atoms with Crippen LogP contribution in [0.15, 0.2) is 30.3 Å². The lowest BCUT2D eigenvalue weighted by Crippen LogP contribution is -2.30. The number of nitrogens with zero attached hydrogens (tertiary/aromatic N) is 1. The van der Waals surface area contributed by atoms with Crippen molar-refractivity contribution >= 4 is 14.1 Å². The average molecular weight is 287 g/mol. The summed E-state index contributed by atoms with van der Waals surface area (Å²) < 4.78 is 10.2. The maximum Gasteiger partial charge on any atom is 0.410 e. The van der Waals surface area contributed by atoms with Gasteiger partial charge in [-0.05, 0) is 17.4 Å². The van der Waals surface area contributed by atoms with Gasteiger partial charge in [0.15, 0.2) is 0 Å². The van der Waals surface area contributed by atoms with E-state index in [1.807, 2.05) is 30.3 Å². The van der Waals surface area contributed by atoms with Crippen molar-refractivity contribution in [3.63, 3.8) is 0 Å². The van der Waals surface area contributed by atoms with Gasteiger partial charge in [-0.2, -0.15) is 0 Å². The predicted octanol–water partition coefficient (Wildman–Crippen LogP) is 2.63. The van der Waals surface area contributed by atoms with Crippen molar-refractivity contribution < 1.29 is 14.2 Å². The first-order valence-electron chi connectivity index (χ1n) is 7.39. The molecule has 0 saturated carbocycles. The summed E-state index contributed by atoms with van der Waals surface area (Å²) in [6, 6.07) is 9.69. The summed E-state index contributed by atoms with van der Waals surface area (Å²) in [5.41, 5.74) is 0.993. The molecule has 1 aliphatic rings. The SMILES string of the molecule is [B]OC[C@@H]1CN(C(=O)OCc2ccccc2)C[C@@H]1C(C)C. The van der Waals surface area contributed by atoms with Gasteiger partial charge in [0.05, 0.1) is 0 Å². The summed E-state index contributed by atoms with van der Waals surface area (Å²) in [6.07, 6.45) is -0.260. The zero-order valence-electron chi connectivity index (χ0n) is 12.7. The lowest BCUT2D eigenvalue weighted by molar-refractivity contribution is 0.101. The van der Waals surface area contributed by atoms with Crippen LogP contribution in [0.3, 0.4) is 0 Å². The van der Waals surface area contributed by atoms with Crippen LogP contribution in [-0.4, -0.2) is 38.7 Å². The summed E-state index contributed by atoms with van der Waals surface area (Å²) in [5, 5.41) is 0. The van der Waals surface area contributed by atoms with Gasteiger partial charge in [-0.3, -0.25) is 0 Å². The fourth-order valence-electron chi connectivity index (χ4n) is 2.91. The molecule has 0 aromatic heterocycles. The number of rotatable bonds is 5. The Morgan fingerprint density at radius 3 is 2.67 bits per heavy atom. The van der Waals surface area contributed by atoms with Crippen molar-refractivity contribution in [2.45, 2.75) is 20.5 Å². The second-order valence-corrected chi connectivity index (χ2v) is 5.95. The summed E-state index contributed by atoms with van der Waals surface area (Å²) in [5.74, 6) is 1.16. The van der Waals surface area contributed by atoms with E-state index in [4.69, 9.17) is 17.4 Å². The Bertz CT molecular complexity index is 452. The van der Waals surface area contributed by atoms with Gasteiger partial charge in [0, 0.05) is 25.6 Å². The van der Waals surface area contributed by atoms with Crippen molar-refractivity contribution in [3.8, 4) is 0 Å². The van der Waals surface area contributed by atoms with Crippen LogP contribution < -0.4 is 0 Å². The van der Waals surface area contributed by atoms with Crippen molar-refractivity contribution in [1.29, 1.82) is 0 Å². The summed E-state index contributed by atoms with van der Waals surface area (Å²) in [6.45, 7) is 6.46. The van der Waals surface area contributed by atoms with E-state index in [9.17, 15) is 4.79 Å². The van der Waals surface area contributed by atoms with Gasteiger partial charge in [0.1, 0.15) is 6.61 Å². The molecule has 112 valence electrons. The minimum Gasteiger partial charge on any atom is -0.447 e. The molecule has 1 aromatic rings. The third-order valence-electron chi connectivity index (χ3n) is 4.12. The highest BCUT2D eigenvalue weighted by Crippen LogP contribution is 2.30. The van der Waals surface area contributed by atoms with Crippen LogP contribution in [-0.2, 0) is 16.0 Å². The Labute approximate surface area is 127 Å². The zero-order chi connectivity index (χ0) is 15.2. The molecule has 1 aromatic carbocycles. The van der Waals surface area contributed by atoms with Crippen LogP contribution >= 0.6 is 0 Å². The molecule has 1 heterocycles. The number of likely N-dealkylation sites (tertiary alicyclic amines) is 1. The van der Waals surface area contributed by atoms with Crippen LogP contribution in [0.25, 0.3) is 0 Å². The van der Waals surface area contributed by atoms with Gasteiger partial charge in [0.25, 0.3) is 8.05 Å². The quantitative estimate of drug-likeness (QED) is 0.781. The molecule has 2 radical (unpaired) electrons. The molecule has 0 bridgehead atoms. The molecule has 1 aliphatic heterocycles. The van der Waals surface area contributed by atoms with Crippen LogP contribution in [0, 0.1) is 17.8 Å². The Hall–Kier alpha value is -1.49. The van der Waals surface area contributed by atoms with Gasteiger partial charge >= 0.3 is 6.09 Å². The van der Waals surface area contributed by atoms with Gasteiger partial charge in [-0.25, -0.2) is 4.79 Å². The van der Waals surface area contributed by atoms with Gasteiger partial charge in [-0.15, -0.1) is 0 Å². The molecule has 2 rings (SSSR count). The van der Waals surface area contributed by atoms with Crippen LogP contribution in [0.5, 0.6) is 0 Å². The second-order valence-electron chi connectivity index (χ2n) is 5.95. The Kier molecular flexibility index (Phi) is 5.68. The molecule has 0 N–H and O–H groups in total. The summed E-state index contributed by atoms with van der Waals surface area (Å²) in [7, 11) is 5.19. The lowest BCUT2D eigenvalue weighted by Gasteiger charge is -2.20. The predicted molar refractivity (Wildman–Crippen MR) is 81.7 cm³/mol. The molecule has 0 unspecified atom stereocenters. The standard InChI is InChI=1S/C16H22BNO3/c1-12(2)15-9-18(8-14(15)11-21-17)16(19)20-10-13-6-4-3-5-7-13/h3-7,12,14-15H,8-11H2,1-2H3/t14-,15+/m0/s1. The zero-order valence-corrected chi connectivity index (χ0v) is 12.7. The van der Waals surface area contributed by atoms with Crippen molar-refractivity contribution in [2.75, 3.05) is 19.7 Å². The van der Waals surface area contributed by atoms with E-state index in [1.165, 1.54) is 0 Å². The first kappa shape index (κ1) is 15.9. The number of hydrogen-bond acceptors (Lipinski definition) is 3. The number of carbonyl (C=O) groups is 1. The molecule has 5 heteroatoms. The van der Waals surface area contributed by atoms with E-state index in [0.717, 1.165) is 5.56 Å². The van der Waals surface area contributed by atoms with E-state index in [-0.39, 0.29) is 12.0 Å². The minimum atomic E-state index is -0.260. The normalized spacial score (nSPS) is 21.8. The highest BCUT2D eigenvalue weighted by atomic mass is 16.6. The average Bonchev–Trinajstić information content (AvgIpc) is 2.90. The van der Waals surface area contributed by atoms with Gasteiger partial charge < -0.3 is 14.3 Å². The molecule has 2 atom stereocenters. The maximum atomic E-state index is 12.2. The highest BCUT2D eigenvalue weighted by molar-refractivity contribution is 5.97. The monoisotopic (exact) mass is 287 g/mol. The molecular weight excluding hydrogens is 265 g/mol. The molecule has 4 nitrogen and oxygen atoms in total. The largest absolute Gasteiger partial charge is 0.447 e. The summed E-state index contributed by atoms with van der Waals surface area (Å²) >= 11 is 0. The van der Waals surface area contributed by atoms with Gasteiger partial charge in [-0.1, -0.05) is 44.2 Å². The van der Waals surface area contributed by atoms with E-state index in [2.05, 4.69) is 13.8 Å². The number of benzene rings is 1. The van der Waals surface area contributed by atoms with Crippen LogP contribution in [0.2, 0.25) is 0 Å². The highest BCUT2D eigenvalue weighted by Gasteiger charge is 2.37. The first-order chi connectivity index (χ1) is 10.1. The minimum absolute atomic E-state index is 0.260. The van der Waals surface area contributed by atoms with E-state index < -0.39 is 0 Å². The number of amides is 1. The molecule has 21 heavy (non-hydrogen) atoms. The smallest absolute Gasteiger partial charge is 0.410 e. The van der Waals surface area contributed by atoms with Gasteiger partial charge in [0.2, 0.25) is 0 Å². The third-order valence-corrected chi connectivity index (χ3v) is 4.12. The van der Waals surface area contributed by atoms with Crippen molar-refractivity contribution in [2.24, 2.45) is 17.8 Å². The molecule has 1 amide bonds. The van der Waals surface area contributed by atoms with Crippen LogP contribution in [0.1, 0.15) is 19.4 Å². The lowest BCUT2D eigenvalue weighted by atomic mass is 9.87. The van der Waals surface area contributed by atoms with Crippen molar-refractivity contribution in [3.05, 3.63) is 35.9 Å². The summed E-state index contributed by atoms with van der Waals surface area (Å²) in [4.78, 5) is 13.9. The molecular formula is C16H22BNO3. The molecule has 0 spiro atoms. The first-order valence-corrected chi connectivity index (χ1v) is 7.39. The number of carbonyl (C=O) groups excluding carboxylic acids is 1. The fourth-order valence-corrected chi connectivity index (χ4v) is 2.91.